The van der Waals surface area contributed by atoms with Gasteiger partial charge in [0, 0.05) is 6.92 Å². The molecule has 19 heavy (non-hydrogen) atoms. The molecule has 6 nitrogen and oxygen atoms in total. The molecule has 0 saturated carbocycles. The summed E-state index contributed by atoms with van der Waals surface area (Å²) in [5.74, 6) is -7.07. The standard InChI is InChI=1S/C11H16F2O6/c1-10(2)18-5-7(19-10)4-16-8(14)6-17-9(15)11(3,12)13/h7H,4-6H2,1-3H3. The van der Waals surface area contributed by atoms with Crippen LogP contribution in [0.1, 0.15) is 20.8 Å². The molecule has 0 aromatic rings. The Balaban J connectivity index is 2.21. The maximum Gasteiger partial charge on any atom is 0.377 e. The van der Waals surface area contributed by atoms with Crippen LogP contribution in [0.2, 0.25) is 0 Å². The fraction of sp³-hybridized carbons (Fsp3) is 0.818. The minimum absolute atomic E-state index is 0.0949. The van der Waals surface area contributed by atoms with Crippen molar-refractivity contribution in [3.05, 3.63) is 0 Å². The molecule has 0 aromatic carbocycles. The summed E-state index contributed by atoms with van der Waals surface area (Å²) in [4.78, 5) is 21.8. The average molecular weight is 282 g/mol. The number of esters is 2. The van der Waals surface area contributed by atoms with Crippen LogP contribution in [-0.4, -0.2) is 49.6 Å². The van der Waals surface area contributed by atoms with Gasteiger partial charge in [-0.15, -0.1) is 0 Å². The first kappa shape index (κ1) is 15.8. The Labute approximate surface area is 108 Å². The summed E-state index contributed by atoms with van der Waals surface area (Å²) in [6.07, 6.45) is -0.428. The van der Waals surface area contributed by atoms with Crippen molar-refractivity contribution < 1.29 is 37.3 Å². The zero-order valence-corrected chi connectivity index (χ0v) is 10.9. The van der Waals surface area contributed by atoms with Gasteiger partial charge in [-0.3, -0.25) is 0 Å². The van der Waals surface area contributed by atoms with E-state index in [0.29, 0.717) is 6.92 Å². The first-order chi connectivity index (χ1) is 8.60. The largest absolute Gasteiger partial charge is 0.460 e. The van der Waals surface area contributed by atoms with Crippen LogP contribution in [0.25, 0.3) is 0 Å². The third-order valence-electron chi connectivity index (χ3n) is 2.18. The Hall–Kier alpha value is -1.28. The van der Waals surface area contributed by atoms with Crippen LogP contribution in [0.5, 0.6) is 0 Å². The average Bonchev–Trinajstić information content (AvgIpc) is 2.61. The lowest BCUT2D eigenvalue weighted by Crippen LogP contribution is -2.30. The van der Waals surface area contributed by atoms with E-state index in [4.69, 9.17) is 14.2 Å². The van der Waals surface area contributed by atoms with E-state index in [-0.39, 0.29) is 13.2 Å². The Kier molecular flexibility index (Phi) is 4.81. The monoisotopic (exact) mass is 282 g/mol. The fourth-order valence-electron chi connectivity index (χ4n) is 1.32. The number of carbonyl (C=O) groups excluding carboxylic acids is 2. The highest BCUT2D eigenvalue weighted by Crippen LogP contribution is 2.22. The van der Waals surface area contributed by atoms with E-state index < -0.39 is 36.4 Å². The van der Waals surface area contributed by atoms with E-state index in [1.807, 2.05) is 0 Å². The molecule has 0 aliphatic carbocycles. The van der Waals surface area contributed by atoms with Crippen molar-refractivity contribution >= 4 is 11.9 Å². The number of hydrogen-bond donors (Lipinski definition) is 0. The van der Waals surface area contributed by atoms with E-state index in [0.717, 1.165) is 0 Å². The highest BCUT2D eigenvalue weighted by atomic mass is 19.3. The highest BCUT2D eigenvalue weighted by molar-refractivity contribution is 5.80. The van der Waals surface area contributed by atoms with E-state index in [9.17, 15) is 18.4 Å². The van der Waals surface area contributed by atoms with Crippen LogP contribution in [-0.2, 0) is 28.5 Å². The number of hydrogen-bond acceptors (Lipinski definition) is 6. The van der Waals surface area contributed by atoms with Crippen LogP contribution in [0, 0.1) is 0 Å². The zero-order chi connectivity index (χ0) is 14.7. The van der Waals surface area contributed by atoms with E-state index in [2.05, 4.69) is 4.74 Å². The summed E-state index contributed by atoms with van der Waals surface area (Å²) >= 11 is 0. The number of alkyl halides is 2. The minimum atomic E-state index is -3.63. The van der Waals surface area contributed by atoms with Gasteiger partial charge in [0.25, 0.3) is 0 Å². The molecule has 8 heteroatoms. The Morgan fingerprint density at radius 3 is 2.47 bits per heavy atom. The SMILES string of the molecule is CC1(C)OCC(COC(=O)COC(=O)C(C)(F)F)O1. The van der Waals surface area contributed by atoms with E-state index in [1.54, 1.807) is 13.8 Å². The third kappa shape index (κ3) is 5.48. The van der Waals surface area contributed by atoms with Gasteiger partial charge in [-0.1, -0.05) is 0 Å². The lowest BCUT2D eigenvalue weighted by atomic mass is 10.4. The summed E-state index contributed by atoms with van der Waals surface area (Å²) in [6.45, 7) is 3.10. The zero-order valence-electron chi connectivity index (χ0n) is 10.9. The van der Waals surface area contributed by atoms with Crippen molar-refractivity contribution in [1.82, 2.24) is 0 Å². The van der Waals surface area contributed by atoms with Crippen molar-refractivity contribution in [2.45, 2.75) is 38.6 Å². The summed E-state index contributed by atoms with van der Waals surface area (Å²) in [6, 6.07) is 0. The fourth-order valence-corrected chi connectivity index (χ4v) is 1.32. The molecule has 0 radical (unpaired) electrons. The second-order valence-corrected chi connectivity index (χ2v) is 4.60. The summed E-state index contributed by atoms with van der Waals surface area (Å²) < 4.78 is 44.2. The highest BCUT2D eigenvalue weighted by Gasteiger charge is 2.35. The van der Waals surface area contributed by atoms with Crippen LogP contribution < -0.4 is 0 Å². The van der Waals surface area contributed by atoms with Gasteiger partial charge in [-0.05, 0) is 13.8 Å². The molecule has 0 N–H and O–H groups in total. The van der Waals surface area contributed by atoms with Gasteiger partial charge in [0.05, 0.1) is 6.61 Å². The quantitative estimate of drug-likeness (QED) is 0.697. The van der Waals surface area contributed by atoms with Crippen molar-refractivity contribution in [3.63, 3.8) is 0 Å². The van der Waals surface area contributed by atoms with Gasteiger partial charge in [0.1, 0.15) is 12.7 Å². The van der Waals surface area contributed by atoms with Crippen LogP contribution >= 0.6 is 0 Å². The van der Waals surface area contributed by atoms with Gasteiger partial charge in [-0.2, -0.15) is 8.78 Å². The predicted molar refractivity (Wildman–Crippen MR) is 57.4 cm³/mol. The molecule has 1 aliphatic heterocycles. The van der Waals surface area contributed by atoms with Gasteiger partial charge < -0.3 is 18.9 Å². The summed E-state index contributed by atoms with van der Waals surface area (Å²) in [5.41, 5.74) is 0. The molecular formula is C11H16F2O6. The second kappa shape index (κ2) is 5.79. The van der Waals surface area contributed by atoms with Gasteiger partial charge in [0.15, 0.2) is 12.4 Å². The molecule has 0 spiro atoms. The van der Waals surface area contributed by atoms with Crippen molar-refractivity contribution in [2.24, 2.45) is 0 Å². The Morgan fingerprint density at radius 2 is 2.00 bits per heavy atom. The predicted octanol–water partition coefficient (Wildman–Crippen LogP) is 0.879. The van der Waals surface area contributed by atoms with Crippen molar-refractivity contribution in [1.29, 1.82) is 0 Å². The van der Waals surface area contributed by atoms with Crippen LogP contribution in [0.3, 0.4) is 0 Å². The molecule has 1 rings (SSSR count). The summed E-state index contributed by atoms with van der Waals surface area (Å²) in [7, 11) is 0. The molecule has 0 aromatic heterocycles. The number of halogens is 2. The van der Waals surface area contributed by atoms with E-state index >= 15 is 0 Å². The van der Waals surface area contributed by atoms with Gasteiger partial charge in [-0.25, -0.2) is 9.59 Å². The number of rotatable bonds is 5. The molecule has 1 heterocycles. The second-order valence-electron chi connectivity index (χ2n) is 4.60. The molecule has 1 aliphatic rings. The first-order valence-electron chi connectivity index (χ1n) is 5.62. The third-order valence-corrected chi connectivity index (χ3v) is 2.18. The first-order valence-corrected chi connectivity index (χ1v) is 5.62. The lowest BCUT2D eigenvalue weighted by Gasteiger charge is -2.17. The van der Waals surface area contributed by atoms with E-state index in [1.165, 1.54) is 0 Å². The Bertz CT molecular complexity index is 350. The smallest absolute Gasteiger partial charge is 0.377 e. The molecule has 1 atom stereocenters. The maximum absolute atomic E-state index is 12.4. The molecule has 110 valence electrons. The summed E-state index contributed by atoms with van der Waals surface area (Å²) in [5, 5.41) is 0. The lowest BCUT2D eigenvalue weighted by molar-refractivity contribution is -0.177. The Morgan fingerprint density at radius 1 is 1.37 bits per heavy atom. The normalized spacial score (nSPS) is 22.1. The molecule has 0 amide bonds. The number of carbonyl (C=O) groups is 2. The molecule has 1 unspecified atom stereocenters. The van der Waals surface area contributed by atoms with Crippen LogP contribution in [0.15, 0.2) is 0 Å². The molecule has 0 bridgehead atoms. The molecule has 1 fully saturated rings. The molecule has 1 saturated heterocycles. The van der Waals surface area contributed by atoms with Crippen molar-refractivity contribution in [2.75, 3.05) is 19.8 Å². The van der Waals surface area contributed by atoms with Crippen molar-refractivity contribution in [3.8, 4) is 0 Å². The number of ether oxygens (including phenoxy) is 4. The van der Waals surface area contributed by atoms with Gasteiger partial charge >= 0.3 is 17.9 Å². The maximum atomic E-state index is 12.4. The molecular weight excluding hydrogens is 266 g/mol. The minimum Gasteiger partial charge on any atom is -0.460 e. The van der Waals surface area contributed by atoms with Crippen LogP contribution in [0.4, 0.5) is 8.78 Å². The topological polar surface area (TPSA) is 71.1 Å². The van der Waals surface area contributed by atoms with Gasteiger partial charge in [0.2, 0.25) is 0 Å².